The van der Waals surface area contributed by atoms with Gasteiger partial charge < -0.3 is 9.84 Å². The molecule has 1 atom stereocenters. The lowest BCUT2D eigenvalue weighted by Crippen LogP contribution is -2.08. The van der Waals surface area contributed by atoms with E-state index in [2.05, 4.69) is 5.10 Å². The number of halogens is 1. The number of nitrogens with zero attached hydrogens (tertiary/aromatic N) is 2. The minimum Gasteiger partial charge on any atom is -0.496 e. The van der Waals surface area contributed by atoms with Crippen molar-refractivity contribution < 1.29 is 9.84 Å². The smallest absolute Gasteiger partial charge is 0.122 e. The molecule has 0 aliphatic carbocycles. The lowest BCUT2D eigenvalue weighted by atomic mass is 10.0. The SMILES string of the molecule is CCc1cc(C(O)Cc2cc(Cl)ccc2OC)n(C)n1. The zero-order valence-corrected chi connectivity index (χ0v) is 12.7. The Morgan fingerprint density at radius 2 is 2.15 bits per heavy atom. The Labute approximate surface area is 123 Å². The second-order valence-corrected chi connectivity index (χ2v) is 5.15. The second kappa shape index (κ2) is 6.29. The Kier molecular flexibility index (Phi) is 4.68. The normalized spacial score (nSPS) is 12.4. The maximum Gasteiger partial charge on any atom is 0.122 e. The van der Waals surface area contributed by atoms with Crippen LogP contribution in [0.15, 0.2) is 24.3 Å². The summed E-state index contributed by atoms with van der Waals surface area (Å²) in [4.78, 5) is 0. The molecule has 1 aromatic carbocycles. The molecule has 0 amide bonds. The van der Waals surface area contributed by atoms with Gasteiger partial charge in [0.05, 0.1) is 24.6 Å². The fourth-order valence-electron chi connectivity index (χ4n) is 2.25. The third kappa shape index (κ3) is 3.14. The van der Waals surface area contributed by atoms with Crippen molar-refractivity contribution >= 4 is 11.6 Å². The van der Waals surface area contributed by atoms with Crippen molar-refractivity contribution in [3.8, 4) is 5.75 Å². The molecule has 20 heavy (non-hydrogen) atoms. The maximum atomic E-state index is 10.4. The van der Waals surface area contributed by atoms with Crippen LogP contribution in [0, 0.1) is 0 Å². The molecular formula is C15H19ClN2O2. The van der Waals surface area contributed by atoms with Crippen LogP contribution >= 0.6 is 11.6 Å². The molecular weight excluding hydrogens is 276 g/mol. The average Bonchev–Trinajstić information content (AvgIpc) is 2.80. The van der Waals surface area contributed by atoms with Gasteiger partial charge in [0, 0.05) is 18.5 Å². The van der Waals surface area contributed by atoms with E-state index in [1.165, 1.54) is 0 Å². The topological polar surface area (TPSA) is 47.3 Å². The summed E-state index contributed by atoms with van der Waals surface area (Å²) in [6, 6.07) is 7.34. The summed E-state index contributed by atoms with van der Waals surface area (Å²) in [6.45, 7) is 2.04. The van der Waals surface area contributed by atoms with Crippen LogP contribution in [0.4, 0.5) is 0 Å². The molecule has 0 saturated heterocycles. The Morgan fingerprint density at radius 3 is 2.75 bits per heavy atom. The minimum atomic E-state index is -0.639. The maximum absolute atomic E-state index is 10.4. The van der Waals surface area contributed by atoms with E-state index < -0.39 is 6.10 Å². The Balaban J connectivity index is 2.24. The van der Waals surface area contributed by atoms with Gasteiger partial charge >= 0.3 is 0 Å². The number of aryl methyl sites for hydroxylation is 2. The summed E-state index contributed by atoms with van der Waals surface area (Å²) >= 11 is 6.01. The molecule has 0 aliphatic heterocycles. The van der Waals surface area contributed by atoms with Gasteiger partial charge in [-0.15, -0.1) is 0 Å². The first kappa shape index (κ1) is 14.9. The van der Waals surface area contributed by atoms with Crippen LogP contribution in [0.3, 0.4) is 0 Å². The van der Waals surface area contributed by atoms with Crippen LogP contribution in [0.5, 0.6) is 5.75 Å². The summed E-state index contributed by atoms with van der Waals surface area (Å²) in [5, 5.41) is 15.4. The van der Waals surface area contributed by atoms with Gasteiger partial charge in [-0.3, -0.25) is 4.68 Å². The molecule has 4 nitrogen and oxygen atoms in total. The van der Waals surface area contributed by atoms with Gasteiger partial charge in [0.2, 0.25) is 0 Å². The highest BCUT2D eigenvalue weighted by Crippen LogP contribution is 2.28. The first-order chi connectivity index (χ1) is 9.55. The number of ether oxygens (including phenoxy) is 1. The third-order valence-electron chi connectivity index (χ3n) is 3.33. The van der Waals surface area contributed by atoms with Crippen LogP contribution in [0.25, 0.3) is 0 Å². The van der Waals surface area contributed by atoms with Gasteiger partial charge in [-0.1, -0.05) is 18.5 Å². The van der Waals surface area contributed by atoms with E-state index >= 15 is 0 Å². The van der Waals surface area contributed by atoms with Gasteiger partial charge in [0.15, 0.2) is 0 Å². The first-order valence-electron chi connectivity index (χ1n) is 6.58. The fourth-order valence-corrected chi connectivity index (χ4v) is 2.44. The van der Waals surface area contributed by atoms with E-state index in [0.29, 0.717) is 11.4 Å². The van der Waals surface area contributed by atoms with Crippen molar-refractivity contribution in [3.63, 3.8) is 0 Å². The van der Waals surface area contributed by atoms with Crippen molar-refractivity contribution in [2.24, 2.45) is 7.05 Å². The van der Waals surface area contributed by atoms with E-state index in [-0.39, 0.29) is 0 Å². The van der Waals surface area contributed by atoms with Crippen LogP contribution in [-0.4, -0.2) is 22.0 Å². The number of hydrogen-bond donors (Lipinski definition) is 1. The average molecular weight is 295 g/mol. The number of hydrogen-bond acceptors (Lipinski definition) is 3. The molecule has 1 N–H and O–H groups in total. The zero-order chi connectivity index (χ0) is 14.7. The number of aliphatic hydroxyl groups is 1. The van der Waals surface area contributed by atoms with Gasteiger partial charge in [-0.05, 0) is 36.2 Å². The predicted octanol–water partition coefficient (Wildman–Crippen LogP) is 2.92. The summed E-state index contributed by atoms with van der Waals surface area (Å²) in [7, 11) is 3.45. The molecule has 0 bridgehead atoms. The van der Waals surface area contributed by atoms with Crippen molar-refractivity contribution in [1.29, 1.82) is 0 Å². The summed E-state index contributed by atoms with van der Waals surface area (Å²) < 4.78 is 7.02. The van der Waals surface area contributed by atoms with Crippen molar-refractivity contribution in [3.05, 3.63) is 46.2 Å². The summed E-state index contributed by atoms with van der Waals surface area (Å²) in [5.41, 5.74) is 2.65. The van der Waals surface area contributed by atoms with Gasteiger partial charge in [-0.2, -0.15) is 5.10 Å². The van der Waals surface area contributed by atoms with E-state index in [0.717, 1.165) is 29.1 Å². The molecule has 0 spiro atoms. The molecule has 1 unspecified atom stereocenters. The van der Waals surface area contributed by atoms with Gasteiger partial charge in [-0.25, -0.2) is 0 Å². The third-order valence-corrected chi connectivity index (χ3v) is 3.56. The lowest BCUT2D eigenvalue weighted by Gasteiger charge is -2.14. The molecule has 0 saturated carbocycles. The quantitative estimate of drug-likeness (QED) is 0.922. The summed E-state index contributed by atoms with van der Waals surface area (Å²) in [5.74, 6) is 0.728. The second-order valence-electron chi connectivity index (χ2n) is 4.71. The van der Waals surface area contributed by atoms with E-state index in [9.17, 15) is 5.11 Å². The molecule has 0 aliphatic rings. The monoisotopic (exact) mass is 294 g/mol. The number of methoxy groups -OCH3 is 1. The standard InChI is InChI=1S/C15H19ClN2O2/c1-4-12-9-13(18(2)17-12)14(19)8-10-7-11(16)5-6-15(10)20-3/h5-7,9,14,19H,4,8H2,1-3H3. The fraction of sp³-hybridized carbons (Fsp3) is 0.400. The Hall–Kier alpha value is -1.52. The Morgan fingerprint density at radius 1 is 1.40 bits per heavy atom. The van der Waals surface area contributed by atoms with Crippen molar-refractivity contribution in [2.45, 2.75) is 25.9 Å². The largest absolute Gasteiger partial charge is 0.496 e. The van der Waals surface area contributed by atoms with Crippen LogP contribution in [-0.2, 0) is 19.9 Å². The highest BCUT2D eigenvalue weighted by molar-refractivity contribution is 6.30. The van der Waals surface area contributed by atoms with Crippen LogP contribution in [0.1, 0.15) is 30.0 Å². The molecule has 2 aromatic rings. The minimum absolute atomic E-state index is 0.437. The molecule has 0 fully saturated rings. The van der Waals surface area contributed by atoms with Gasteiger partial charge in [0.25, 0.3) is 0 Å². The van der Waals surface area contributed by atoms with Gasteiger partial charge in [0.1, 0.15) is 5.75 Å². The molecule has 0 radical (unpaired) electrons. The highest BCUT2D eigenvalue weighted by Gasteiger charge is 2.16. The van der Waals surface area contributed by atoms with E-state index in [1.807, 2.05) is 32.2 Å². The van der Waals surface area contributed by atoms with Crippen LogP contribution < -0.4 is 4.74 Å². The van der Waals surface area contributed by atoms with E-state index in [1.54, 1.807) is 17.9 Å². The molecule has 1 aromatic heterocycles. The predicted molar refractivity (Wildman–Crippen MR) is 79.3 cm³/mol. The molecule has 2 rings (SSSR count). The number of benzene rings is 1. The zero-order valence-electron chi connectivity index (χ0n) is 11.9. The Bertz CT molecular complexity index is 596. The van der Waals surface area contributed by atoms with Crippen LogP contribution in [0.2, 0.25) is 5.02 Å². The van der Waals surface area contributed by atoms with E-state index in [4.69, 9.17) is 16.3 Å². The number of aromatic nitrogens is 2. The first-order valence-corrected chi connectivity index (χ1v) is 6.96. The number of rotatable bonds is 5. The lowest BCUT2D eigenvalue weighted by molar-refractivity contribution is 0.167. The molecule has 5 heteroatoms. The molecule has 1 heterocycles. The van der Waals surface area contributed by atoms with Crippen molar-refractivity contribution in [1.82, 2.24) is 9.78 Å². The number of aliphatic hydroxyl groups excluding tert-OH is 1. The van der Waals surface area contributed by atoms with Crippen molar-refractivity contribution in [2.75, 3.05) is 7.11 Å². The summed E-state index contributed by atoms with van der Waals surface area (Å²) in [6.07, 6.45) is 0.646. The highest BCUT2D eigenvalue weighted by atomic mass is 35.5. The molecule has 108 valence electrons.